The number of anilines is 1. The van der Waals surface area contributed by atoms with Crippen LogP contribution in [0.4, 0.5) is 10.5 Å². The molecule has 1 aliphatic heterocycles. The summed E-state index contributed by atoms with van der Waals surface area (Å²) >= 11 is 0. The number of nitrogens with zero attached hydrogens (tertiary/aromatic N) is 1. The summed E-state index contributed by atoms with van der Waals surface area (Å²) in [5.74, 6) is 0. The van der Waals surface area contributed by atoms with Crippen LogP contribution in [0.2, 0.25) is 0 Å². The first kappa shape index (κ1) is 10.6. The number of nitrogens with one attached hydrogen (secondary N) is 1. The van der Waals surface area contributed by atoms with Crippen molar-refractivity contribution in [1.29, 1.82) is 0 Å². The van der Waals surface area contributed by atoms with Crippen molar-refractivity contribution >= 4 is 11.7 Å². The Hall–Kier alpha value is -1.55. The smallest absolute Gasteiger partial charge is 0.322 e. The number of carbonyl (C=O) groups excluding carboxylic acids is 1. The monoisotopic (exact) mass is 231 g/mol. The lowest BCUT2D eigenvalue weighted by atomic mass is 9.77. The summed E-state index contributed by atoms with van der Waals surface area (Å²) in [7, 11) is 0. The van der Waals surface area contributed by atoms with Crippen LogP contribution in [0, 0.1) is 0 Å². The van der Waals surface area contributed by atoms with Gasteiger partial charge in [-0.25, -0.2) is 4.79 Å². The standard InChI is InChI=1S/C13H17N3O/c14-8-10-3-1-4-11(7-10)16-9-13(5-2-6-13)15-12(16)17/h1,3-4,7H,2,5-6,8-9,14H2,(H,15,17). The highest BCUT2D eigenvalue weighted by Gasteiger charge is 2.46. The Kier molecular flexibility index (Phi) is 2.33. The molecule has 1 saturated heterocycles. The zero-order valence-electron chi connectivity index (χ0n) is 9.78. The molecule has 0 unspecified atom stereocenters. The van der Waals surface area contributed by atoms with Crippen molar-refractivity contribution in [3.05, 3.63) is 29.8 Å². The molecular formula is C13H17N3O. The summed E-state index contributed by atoms with van der Waals surface area (Å²) in [6.07, 6.45) is 3.43. The van der Waals surface area contributed by atoms with Crippen molar-refractivity contribution in [3.8, 4) is 0 Å². The van der Waals surface area contributed by atoms with Gasteiger partial charge in [-0.2, -0.15) is 0 Å². The van der Waals surface area contributed by atoms with E-state index < -0.39 is 0 Å². The molecule has 1 saturated carbocycles. The maximum Gasteiger partial charge on any atom is 0.322 e. The Bertz CT molecular complexity index is 454. The lowest BCUT2D eigenvalue weighted by Gasteiger charge is -2.37. The Morgan fingerprint density at radius 1 is 1.41 bits per heavy atom. The minimum Gasteiger partial charge on any atom is -0.330 e. The van der Waals surface area contributed by atoms with Crippen molar-refractivity contribution in [2.75, 3.05) is 11.4 Å². The van der Waals surface area contributed by atoms with Gasteiger partial charge in [0, 0.05) is 12.2 Å². The van der Waals surface area contributed by atoms with E-state index in [1.165, 1.54) is 6.42 Å². The fraction of sp³-hybridized carbons (Fsp3) is 0.462. The first-order valence-corrected chi connectivity index (χ1v) is 6.11. The van der Waals surface area contributed by atoms with E-state index in [1.54, 1.807) is 0 Å². The summed E-state index contributed by atoms with van der Waals surface area (Å²) in [5.41, 5.74) is 7.69. The largest absolute Gasteiger partial charge is 0.330 e. The van der Waals surface area contributed by atoms with Gasteiger partial charge in [0.05, 0.1) is 12.1 Å². The molecule has 17 heavy (non-hydrogen) atoms. The molecule has 3 rings (SSSR count). The topological polar surface area (TPSA) is 58.4 Å². The third kappa shape index (κ3) is 1.69. The maximum atomic E-state index is 12.0. The van der Waals surface area contributed by atoms with Crippen LogP contribution in [0.15, 0.2) is 24.3 Å². The number of amides is 2. The number of benzene rings is 1. The molecule has 0 aromatic heterocycles. The predicted molar refractivity (Wildman–Crippen MR) is 66.8 cm³/mol. The molecule has 4 nitrogen and oxygen atoms in total. The van der Waals surface area contributed by atoms with Crippen LogP contribution in [-0.2, 0) is 6.54 Å². The maximum absolute atomic E-state index is 12.0. The third-order valence-corrected chi connectivity index (χ3v) is 3.85. The molecule has 0 atom stereocenters. The molecule has 1 aliphatic carbocycles. The summed E-state index contributed by atoms with van der Waals surface area (Å²) in [6, 6.07) is 7.93. The molecule has 0 radical (unpaired) electrons. The highest BCUT2D eigenvalue weighted by Crippen LogP contribution is 2.37. The summed E-state index contributed by atoms with van der Waals surface area (Å²) in [6.45, 7) is 1.30. The van der Waals surface area contributed by atoms with E-state index in [2.05, 4.69) is 5.32 Å². The number of hydrogen-bond acceptors (Lipinski definition) is 2. The van der Waals surface area contributed by atoms with E-state index in [-0.39, 0.29) is 11.6 Å². The SMILES string of the molecule is NCc1cccc(N2CC3(CCC3)NC2=O)c1. The van der Waals surface area contributed by atoms with Gasteiger partial charge in [-0.1, -0.05) is 12.1 Å². The van der Waals surface area contributed by atoms with Crippen LogP contribution in [-0.4, -0.2) is 18.1 Å². The fourth-order valence-electron chi connectivity index (χ4n) is 2.65. The molecule has 4 heteroatoms. The summed E-state index contributed by atoms with van der Waals surface area (Å²) < 4.78 is 0. The average molecular weight is 231 g/mol. The Labute approximate surface area is 101 Å². The van der Waals surface area contributed by atoms with Crippen molar-refractivity contribution in [3.63, 3.8) is 0 Å². The van der Waals surface area contributed by atoms with E-state index >= 15 is 0 Å². The van der Waals surface area contributed by atoms with Crippen LogP contribution >= 0.6 is 0 Å². The van der Waals surface area contributed by atoms with Crippen LogP contribution in [0.1, 0.15) is 24.8 Å². The van der Waals surface area contributed by atoms with Crippen LogP contribution in [0.5, 0.6) is 0 Å². The number of rotatable bonds is 2. The molecular weight excluding hydrogens is 214 g/mol. The van der Waals surface area contributed by atoms with Crippen molar-refractivity contribution < 1.29 is 4.79 Å². The second-order valence-electron chi connectivity index (χ2n) is 5.02. The van der Waals surface area contributed by atoms with E-state index in [9.17, 15) is 4.79 Å². The first-order valence-electron chi connectivity index (χ1n) is 6.11. The first-order chi connectivity index (χ1) is 8.22. The molecule has 2 fully saturated rings. The van der Waals surface area contributed by atoms with Crippen molar-refractivity contribution in [1.82, 2.24) is 5.32 Å². The summed E-state index contributed by atoms with van der Waals surface area (Å²) in [5, 5.41) is 3.11. The van der Waals surface area contributed by atoms with Gasteiger partial charge < -0.3 is 11.1 Å². The molecule has 2 amide bonds. The molecule has 90 valence electrons. The van der Waals surface area contributed by atoms with Crippen molar-refractivity contribution in [2.45, 2.75) is 31.3 Å². The van der Waals surface area contributed by atoms with Gasteiger partial charge in [-0.15, -0.1) is 0 Å². The minimum atomic E-state index is 0.0267. The third-order valence-electron chi connectivity index (χ3n) is 3.85. The number of hydrogen-bond donors (Lipinski definition) is 2. The predicted octanol–water partition coefficient (Wildman–Crippen LogP) is 1.60. The normalized spacial score (nSPS) is 21.5. The highest BCUT2D eigenvalue weighted by molar-refractivity contribution is 5.95. The van der Waals surface area contributed by atoms with E-state index in [4.69, 9.17) is 5.73 Å². The lowest BCUT2D eigenvalue weighted by molar-refractivity contribution is 0.218. The lowest BCUT2D eigenvalue weighted by Crippen LogP contribution is -2.49. The number of carbonyl (C=O) groups is 1. The Morgan fingerprint density at radius 3 is 2.82 bits per heavy atom. The van der Waals surface area contributed by atoms with Gasteiger partial charge in [-0.05, 0) is 37.0 Å². The van der Waals surface area contributed by atoms with Crippen molar-refractivity contribution in [2.24, 2.45) is 5.73 Å². The van der Waals surface area contributed by atoms with Gasteiger partial charge in [-0.3, -0.25) is 4.90 Å². The fourth-order valence-corrected chi connectivity index (χ4v) is 2.65. The zero-order valence-corrected chi connectivity index (χ0v) is 9.78. The molecule has 2 aliphatic rings. The summed E-state index contributed by atoms with van der Waals surface area (Å²) in [4.78, 5) is 13.8. The number of urea groups is 1. The quantitative estimate of drug-likeness (QED) is 0.812. The van der Waals surface area contributed by atoms with E-state index in [0.29, 0.717) is 6.54 Å². The van der Waals surface area contributed by atoms with Gasteiger partial charge >= 0.3 is 6.03 Å². The molecule has 1 aromatic rings. The molecule has 0 bridgehead atoms. The van der Waals surface area contributed by atoms with Crippen LogP contribution in [0.3, 0.4) is 0 Å². The van der Waals surface area contributed by atoms with Gasteiger partial charge in [0.25, 0.3) is 0 Å². The second-order valence-corrected chi connectivity index (χ2v) is 5.02. The zero-order chi connectivity index (χ0) is 11.9. The Morgan fingerprint density at radius 2 is 2.24 bits per heavy atom. The Balaban J connectivity index is 1.86. The van der Waals surface area contributed by atoms with E-state index in [1.807, 2.05) is 29.2 Å². The minimum absolute atomic E-state index is 0.0267. The molecule has 1 aromatic carbocycles. The van der Waals surface area contributed by atoms with Gasteiger partial charge in [0.15, 0.2) is 0 Å². The average Bonchev–Trinajstić information content (AvgIpc) is 2.67. The number of nitrogens with two attached hydrogens (primary N) is 1. The van der Waals surface area contributed by atoms with Gasteiger partial charge in [0.1, 0.15) is 0 Å². The van der Waals surface area contributed by atoms with Crippen LogP contribution in [0.25, 0.3) is 0 Å². The molecule has 3 N–H and O–H groups in total. The van der Waals surface area contributed by atoms with E-state index in [0.717, 1.165) is 30.6 Å². The van der Waals surface area contributed by atoms with Crippen LogP contribution < -0.4 is 16.0 Å². The second kappa shape index (κ2) is 3.74. The highest BCUT2D eigenvalue weighted by atomic mass is 16.2. The molecule has 1 heterocycles. The van der Waals surface area contributed by atoms with Gasteiger partial charge in [0.2, 0.25) is 0 Å². The molecule has 1 spiro atoms.